The smallest absolute Gasteiger partial charge is 0.182 e. The van der Waals surface area contributed by atoms with Crippen molar-refractivity contribution in [3.63, 3.8) is 0 Å². The molecule has 1 heterocycles. The molecule has 20 heavy (non-hydrogen) atoms. The summed E-state index contributed by atoms with van der Waals surface area (Å²) in [5.74, 6) is 1.35. The molecule has 2 rings (SSSR count). The van der Waals surface area contributed by atoms with Gasteiger partial charge in [0, 0.05) is 18.1 Å². The Hall–Kier alpha value is -1.79. The molecule has 0 fully saturated rings. The summed E-state index contributed by atoms with van der Waals surface area (Å²) >= 11 is 1.56. The molecule has 2 aromatic rings. The van der Waals surface area contributed by atoms with E-state index in [1.165, 1.54) is 0 Å². The summed E-state index contributed by atoms with van der Waals surface area (Å²) in [6.07, 6.45) is 1.77. The highest BCUT2D eigenvalue weighted by atomic mass is 32.1. The van der Waals surface area contributed by atoms with Gasteiger partial charge in [-0.15, -0.1) is 11.3 Å². The number of hydrogen-bond donors (Lipinski definition) is 2. The van der Waals surface area contributed by atoms with E-state index >= 15 is 0 Å². The molecule has 1 aromatic carbocycles. The molecule has 0 bridgehead atoms. The predicted molar refractivity (Wildman–Crippen MR) is 79.6 cm³/mol. The van der Waals surface area contributed by atoms with Gasteiger partial charge in [0.25, 0.3) is 0 Å². The average Bonchev–Trinajstić information content (AvgIpc) is 2.98. The number of ether oxygens (including phenoxy) is 2. The fraction of sp³-hybridized carbons (Fsp3) is 0.357. The second-order valence-corrected chi connectivity index (χ2v) is 4.87. The van der Waals surface area contributed by atoms with Gasteiger partial charge in [0.05, 0.1) is 13.2 Å². The van der Waals surface area contributed by atoms with Crippen LogP contribution in [0.4, 0.5) is 5.13 Å². The maximum Gasteiger partial charge on any atom is 0.182 e. The largest absolute Gasteiger partial charge is 0.490 e. The lowest BCUT2D eigenvalue weighted by Crippen LogP contribution is -2.05. The summed E-state index contributed by atoms with van der Waals surface area (Å²) in [5.41, 5.74) is 1.08. The van der Waals surface area contributed by atoms with Crippen molar-refractivity contribution in [3.05, 3.63) is 35.3 Å². The number of nitrogens with one attached hydrogen (secondary N) is 1. The zero-order valence-electron chi connectivity index (χ0n) is 11.3. The van der Waals surface area contributed by atoms with E-state index in [-0.39, 0.29) is 13.2 Å². The Morgan fingerprint density at radius 1 is 1.30 bits per heavy atom. The molecule has 1 aromatic heterocycles. The molecular weight excluding hydrogens is 276 g/mol. The average molecular weight is 294 g/mol. The van der Waals surface area contributed by atoms with Crippen molar-refractivity contribution in [1.29, 1.82) is 0 Å². The third-order valence-electron chi connectivity index (χ3n) is 2.53. The van der Waals surface area contributed by atoms with Crippen LogP contribution in [-0.4, -0.2) is 29.9 Å². The maximum absolute atomic E-state index is 8.81. The van der Waals surface area contributed by atoms with Gasteiger partial charge in [-0.3, -0.25) is 0 Å². The fourth-order valence-electron chi connectivity index (χ4n) is 1.69. The lowest BCUT2D eigenvalue weighted by molar-refractivity contribution is 0.194. The lowest BCUT2D eigenvalue weighted by Gasteiger charge is -2.13. The van der Waals surface area contributed by atoms with E-state index in [4.69, 9.17) is 14.6 Å². The Bertz CT molecular complexity index is 517. The zero-order chi connectivity index (χ0) is 14.2. The van der Waals surface area contributed by atoms with E-state index in [0.717, 1.165) is 10.7 Å². The van der Waals surface area contributed by atoms with E-state index in [1.807, 2.05) is 30.5 Å². The standard InChI is InChI=1S/C14H18N2O3S/c1-2-18-13-9-11(3-4-12(13)19-7-6-17)10-16-14-15-5-8-20-14/h3-5,8-9,17H,2,6-7,10H2,1H3,(H,15,16). The van der Waals surface area contributed by atoms with Gasteiger partial charge in [0.2, 0.25) is 0 Å². The summed E-state index contributed by atoms with van der Waals surface area (Å²) in [5, 5.41) is 14.9. The molecule has 0 saturated heterocycles. The van der Waals surface area contributed by atoms with Crippen molar-refractivity contribution in [3.8, 4) is 11.5 Å². The second-order valence-electron chi connectivity index (χ2n) is 3.98. The van der Waals surface area contributed by atoms with Crippen molar-refractivity contribution in [1.82, 2.24) is 4.98 Å². The summed E-state index contributed by atoms with van der Waals surface area (Å²) in [6.45, 7) is 3.42. The summed E-state index contributed by atoms with van der Waals surface area (Å²) in [4.78, 5) is 4.17. The third kappa shape index (κ3) is 4.11. The number of aromatic nitrogens is 1. The van der Waals surface area contributed by atoms with Crippen LogP contribution < -0.4 is 14.8 Å². The van der Waals surface area contributed by atoms with Crippen LogP contribution in [0.1, 0.15) is 12.5 Å². The van der Waals surface area contributed by atoms with E-state index in [2.05, 4.69) is 10.3 Å². The Kier molecular flexibility index (Phi) is 5.64. The molecule has 0 amide bonds. The second kappa shape index (κ2) is 7.72. The molecule has 0 radical (unpaired) electrons. The van der Waals surface area contributed by atoms with E-state index in [0.29, 0.717) is 24.7 Å². The van der Waals surface area contributed by atoms with E-state index in [1.54, 1.807) is 17.5 Å². The first kappa shape index (κ1) is 14.6. The number of benzene rings is 1. The van der Waals surface area contributed by atoms with Crippen LogP contribution in [0, 0.1) is 0 Å². The molecule has 0 saturated carbocycles. The van der Waals surface area contributed by atoms with Crippen molar-refractivity contribution >= 4 is 16.5 Å². The number of rotatable bonds is 8. The lowest BCUT2D eigenvalue weighted by atomic mass is 10.2. The quantitative estimate of drug-likeness (QED) is 0.783. The first-order chi connectivity index (χ1) is 9.83. The van der Waals surface area contributed by atoms with E-state index < -0.39 is 0 Å². The van der Waals surface area contributed by atoms with Crippen molar-refractivity contribution < 1.29 is 14.6 Å². The van der Waals surface area contributed by atoms with Gasteiger partial charge in [0.1, 0.15) is 6.61 Å². The molecule has 0 unspecified atom stereocenters. The Morgan fingerprint density at radius 3 is 2.90 bits per heavy atom. The molecule has 5 nitrogen and oxygen atoms in total. The van der Waals surface area contributed by atoms with Gasteiger partial charge in [-0.05, 0) is 24.6 Å². The third-order valence-corrected chi connectivity index (χ3v) is 3.26. The molecular formula is C14H18N2O3S. The predicted octanol–water partition coefficient (Wildman–Crippen LogP) is 2.53. The number of aliphatic hydroxyl groups is 1. The minimum absolute atomic E-state index is 0.0150. The molecule has 6 heteroatoms. The van der Waals surface area contributed by atoms with Crippen LogP contribution in [0.15, 0.2) is 29.8 Å². The summed E-state index contributed by atoms with van der Waals surface area (Å²) in [6, 6.07) is 5.77. The molecule has 0 spiro atoms. The first-order valence-corrected chi connectivity index (χ1v) is 7.34. The Balaban J connectivity index is 2.04. The Labute approximate surface area is 122 Å². The van der Waals surface area contributed by atoms with Gasteiger partial charge < -0.3 is 19.9 Å². The fourth-order valence-corrected chi connectivity index (χ4v) is 2.22. The number of thiazole rings is 1. The Morgan fingerprint density at radius 2 is 2.20 bits per heavy atom. The summed E-state index contributed by atoms with van der Waals surface area (Å²) < 4.78 is 11.0. The van der Waals surface area contributed by atoms with Crippen molar-refractivity contribution in [2.75, 3.05) is 25.1 Å². The number of hydrogen-bond acceptors (Lipinski definition) is 6. The molecule has 0 aliphatic rings. The van der Waals surface area contributed by atoms with Crippen LogP contribution in [0.25, 0.3) is 0 Å². The van der Waals surface area contributed by atoms with Crippen LogP contribution in [0.3, 0.4) is 0 Å². The number of anilines is 1. The molecule has 0 aliphatic heterocycles. The summed E-state index contributed by atoms with van der Waals surface area (Å²) in [7, 11) is 0. The zero-order valence-corrected chi connectivity index (χ0v) is 12.2. The topological polar surface area (TPSA) is 63.6 Å². The van der Waals surface area contributed by atoms with Crippen molar-refractivity contribution in [2.45, 2.75) is 13.5 Å². The van der Waals surface area contributed by atoms with Gasteiger partial charge in [-0.2, -0.15) is 0 Å². The van der Waals surface area contributed by atoms with Gasteiger partial charge >= 0.3 is 0 Å². The van der Waals surface area contributed by atoms with Crippen LogP contribution in [-0.2, 0) is 6.54 Å². The van der Waals surface area contributed by atoms with Gasteiger partial charge in [-0.25, -0.2) is 4.98 Å². The van der Waals surface area contributed by atoms with Crippen LogP contribution in [0.5, 0.6) is 11.5 Å². The highest BCUT2D eigenvalue weighted by Gasteiger charge is 2.06. The van der Waals surface area contributed by atoms with Crippen molar-refractivity contribution in [2.24, 2.45) is 0 Å². The molecule has 108 valence electrons. The SMILES string of the molecule is CCOc1cc(CNc2nccs2)ccc1OCCO. The first-order valence-electron chi connectivity index (χ1n) is 6.46. The normalized spacial score (nSPS) is 10.3. The van der Waals surface area contributed by atoms with E-state index in [9.17, 15) is 0 Å². The number of aliphatic hydroxyl groups excluding tert-OH is 1. The molecule has 0 aliphatic carbocycles. The minimum atomic E-state index is -0.0150. The van der Waals surface area contributed by atoms with Gasteiger partial charge in [-0.1, -0.05) is 6.07 Å². The number of nitrogens with zero attached hydrogens (tertiary/aromatic N) is 1. The molecule has 0 atom stereocenters. The maximum atomic E-state index is 8.81. The highest BCUT2D eigenvalue weighted by Crippen LogP contribution is 2.28. The molecule has 2 N–H and O–H groups in total. The highest BCUT2D eigenvalue weighted by molar-refractivity contribution is 7.13. The van der Waals surface area contributed by atoms with Gasteiger partial charge in [0.15, 0.2) is 16.6 Å². The van der Waals surface area contributed by atoms with Crippen LogP contribution >= 0.6 is 11.3 Å². The van der Waals surface area contributed by atoms with Crippen LogP contribution in [0.2, 0.25) is 0 Å². The monoisotopic (exact) mass is 294 g/mol. The minimum Gasteiger partial charge on any atom is -0.490 e.